The Labute approximate surface area is 93.5 Å². The largest absolute Gasteiger partial charge is 0.481 e. The average Bonchev–Trinajstić information content (AvgIpc) is 2.52. The highest BCUT2D eigenvalue weighted by Gasteiger charge is 2.09. The van der Waals surface area contributed by atoms with Crippen LogP contribution >= 0.6 is 0 Å². The lowest BCUT2D eigenvalue weighted by molar-refractivity contribution is -0.136. The van der Waals surface area contributed by atoms with Crippen molar-refractivity contribution in [2.75, 3.05) is 0 Å². The summed E-state index contributed by atoms with van der Waals surface area (Å²) in [5.74, 6) is 0.167. The first-order chi connectivity index (χ1) is 7.59. The van der Waals surface area contributed by atoms with Crippen molar-refractivity contribution in [3.05, 3.63) is 35.4 Å². The third-order valence-electron chi connectivity index (χ3n) is 2.71. The van der Waals surface area contributed by atoms with E-state index in [1.165, 1.54) is 0 Å². The summed E-state index contributed by atoms with van der Waals surface area (Å²) in [6.07, 6.45) is 2.66. The van der Waals surface area contributed by atoms with E-state index in [0.717, 1.165) is 22.6 Å². The summed E-state index contributed by atoms with van der Waals surface area (Å²) in [6, 6.07) is 3.89. The second-order valence-electron chi connectivity index (χ2n) is 3.89. The number of pyridine rings is 1. The standard InChI is InChI=1S/C12H14N2O2/c1-8-12-10(5-6-11(15)16)4-3-7-14(12)9(2)13-8/h3-4,7H,5-6H2,1-2H3,(H,15,16). The van der Waals surface area contributed by atoms with Crippen molar-refractivity contribution >= 4 is 11.5 Å². The molecule has 0 bridgehead atoms. The van der Waals surface area contributed by atoms with Crippen molar-refractivity contribution in [2.45, 2.75) is 26.7 Å². The molecule has 4 heteroatoms. The lowest BCUT2D eigenvalue weighted by atomic mass is 10.1. The molecule has 2 heterocycles. The van der Waals surface area contributed by atoms with Gasteiger partial charge in [0.05, 0.1) is 11.2 Å². The molecule has 2 aromatic rings. The van der Waals surface area contributed by atoms with Gasteiger partial charge < -0.3 is 9.51 Å². The summed E-state index contributed by atoms with van der Waals surface area (Å²) in [5.41, 5.74) is 3.04. The molecule has 0 amide bonds. The number of rotatable bonds is 3. The van der Waals surface area contributed by atoms with E-state index < -0.39 is 5.97 Å². The van der Waals surface area contributed by atoms with E-state index in [0.29, 0.717) is 6.42 Å². The number of carbonyl (C=O) groups is 1. The van der Waals surface area contributed by atoms with Crippen LogP contribution in [-0.2, 0) is 11.2 Å². The highest BCUT2D eigenvalue weighted by molar-refractivity contribution is 5.68. The molecule has 1 N–H and O–H groups in total. The Hall–Kier alpha value is -1.84. The quantitative estimate of drug-likeness (QED) is 0.856. The Morgan fingerprint density at radius 1 is 1.50 bits per heavy atom. The predicted molar refractivity (Wildman–Crippen MR) is 60.6 cm³/mol. The smallest absolute Gasteiger partial charge is 0.303 e. The molecule has 0 unspecified atom stereocenters. The van der Waals surface area contributed by atoms with E-state index in [1.807, 2.05) is 36.6 Å². The molecule has 0 saturated heterocycles. The van der Waals surface area contributed by atoms with Crippen LogP contribution in [0.3, 0.4) is 0 Å². The fourth-order valence-electron chi connectivity index (χ4n) is 2.02. The average molecular weight is 218 g/mol. The van der Waals surface area contributed by atoms with Crippen LogP contribution in [0.1, 0.15) is 23.5 Å². The number of aliphatic carboxylic acids is 1. The van der Waals surface area contributed by atoms with E-state index in [1.54, 1.807) is 0 Å². The van der Waals surface area contributed by atoms with Crippen molar-refractivity contribution < 1.29 is 9.90 Å². The van der Waals surface area contributed by atoms with Gasteiger partial charge in [0.1, 0.15) is 5.82 Å². The first kappa shape index (κ1) is 10.7. The summed E-state index contributed by atoms with van der Waals surface area (Å²) < 4.78 is 2.01. The zero-order chi connectivity index (χ0) is 11.7. The van der Waals surface area contributed by atoms with Crippen LogP contribution in [0.5, 0.6) is 0 Å². The van der Waals surface area contributed by atoms with Gasteiger partial charge in [0.2, 0.25) is 0 Å². The van der Waals surface area contributed by atoms with Crippen LogP contribution in [0.25, 0.3) is 5.52 Å². The fraction of sp³-hybridized carbons (Fsp3) is 0.333. The van der Waals surface area contributed by atoms with Crippen molar-refractivity contribution in [3.8, 4) is 0 Å². The van der Waals surface area contributed by atoms with Crippen molar-refractivity contribution in [3.63, 3.8) is 0 Å². The number of aromatic nitrogens is 2. The summed E-state index contributed by atoms with van der Waals surface area (Å²) in [7, 11) is 0. The van der Waals surface area contributed by atoms with Gasteiger partial charge in [-0.25, -0.2) is 4.98 Å². The molecule has 16 heavy (non-hydrogen) atoms. The van der Waals surface area contributed by atoms with Crippen molar-refractivity contribution in [1.82, 2.24) is 9.38 Å². The summed E-state index contributed by atoms with van der Waals surface area (Å²) >= 11 is 0. The van der Waals surface area contributed by atoms with E-state index in [-0.39, 0.29) is 6.42 Å². The molecule has 0 spiro atoms. The Morgan fingerprint density at radius 3 is 2.94 bits per heavy atom. The lowest BCUT2D eigenvalue weighted by Crippen LogP contribution is -1.99. The Morgan fingerprint density at radius 2 is 2.25 bits per heavy atom. The van der Waals surface area contributed by atoms with Crippen LogP contribution in [0, 0.1) is 13.8 Å². The zero-order valence-corrected chi connectivity index (χ0v) is 9.40. The minimum absolute atomic E-state index is 0.156. The Bertz CT molecular complexity index is 543. The van der Waals surface area contributed by atoms with Gasteiger partial charge in [0.15, 0.2) is 0 Å². The van der Waals surface area contributed by atoms with Gasteiger partial charge in [-0.3, -0.25) is 4.79 Å². The maximum atomic E-state index is 10.6. The number of imidazole rings is 1. The summed E-state index contributed by atoms with van der Waals surface area (Å²) in [4.78, 5) is 15.0. The highest BCUT2D eigenvalue weighted by Crippen LogP contribution is 2.18. The molecule has 0 aliphatic heterocycles. The Balaban J connectivity index is 2.48. The SMILES string of the molecule is Cc1nc(C)n2cccc(CCC(=O)O)c12. The van der Waals surface area contributed by atoms with Crippen LogP contribution < -0.4 is 0 Å². The molecular formula is C12H14N2O2. The molecule has 0 aromatic carbocycles. The predicted octanol–water partition coefficient (Wildman–Crippen LogP) is 1.97. The molecule has 2 rings (SSSR count). The number of carboxylic acid groups (broad SMARTS) is 1. The van der Waals surface area contributed by atoms with Gasteiger partial charge in [-0.05, 0) is 31.9 Å². The van der Waals surface area contributed by atoms with E-state index in [4.69, 9.17) is 5.11 Å². The molecule has 0 saturated carbocycles. The van der Waals surface area contributed by atoms with Gasteiger partial charge >= 0.3 is 5.97 Å². The molecule has 0 atom stereocenters. The summed E-state index contributed by atoms with van der Waals surface area (Å²) in [6.45, 7) is 3.90. The fourth-order valence-corrected chi connectivity index (χ4v) is 2.02. The van der Waals surface area contributed by atoms with Gasteiger partial charge in [0, 0.05) is 12.6 Å². The molecule has 84 valence electrons. The molecule has 4 nitrogen and oxygen atoms in total. The molecule has 0 fully saturated rings. The molecular weight excluding hydrogens is 204 g/mol. The van der Waals surface area contributed by atoms with Crippen LogP contribution in [0.4, 0.5) is 0 Å². The number of carboxylic acids is 1. The second kappa shape index (κ2) is 3.96. The first-order valence-corrected chi connectivity index (χ1v) is 5.24. The van der Waals surface area contributed by atoms with Gasteiger partial charge in [-0.2, -0.15) is 0 Å². The maximum absolute atomic E-state index is 10.6. The van der Waals surface area contributed by atoms with Crippen molar-refractivity contribution in [1.29, 1.82) is 0 Å². The number of hydrogen-bond acceptors (Lipinski definition) is 2. The minimum Gasteiger partial charge on any atom is -0.481 e. The molecule has 0 aliphatic rings. The van der Waals surface area contributed by atoms with E-state index >= 15 is 0 Å². The van der Waals surface area contributed by atoms with Crippen molar-refractivity contribution in [2.24, 2.45) is 0 Å². The second-order valence-corrected chi connectivity index (χ2v) is 3.89. The highest BCUT2D eigenvalue weighted by atomic mass is 16.4. The topological polar surface area (TPSA) is 54.6 Å². The van der Waals surface area contributed by atoms with Crippen LogP contribution in [-0.4, -0.2) is 20.5 Å². The number of aryl methyl sites for hydroxylation is 3. The summed E-state index contributed by atoms with van der Waals surface area (Å²) in [5, 5.41) is 8.70. The molecule has 0 radical (unpaired) electrons. The first-order valence-electron chi connectivity index (χ1n) is 5.24. The number of nitrogens with zero attached hydrogens (tertiary/aromatic N) is 2. The maximum Gasteiger partial charge on any atom is 0.303 e. The van der Waals surface area contributed by atoms with Crippen LogP contribution in [0.2, 0.25) is 0 Å². The zero-order valence-electron chi connectivity index (χ0n) is 9.40. The van der Waals surface area contributed by atoms with E-state index in [2.05, 4.69) is 4.98 Å². The third-order valence-corrected chi connectivity index (χ3v) is 2.71. The number of hydrogen-bond donors (Lipinski definition) is 1. The normalized spacial score (nSPS) is 10.9. The lowest BCUT2D eigenvalue weighted by Gasteiger charge is -2.04. The monoisotopic (exact) mass is 218 g/mol. The Kier molecular flexibility index (Phi) is 2.64. The third kappa shape index (κ3) is 1.78. The molecule has 0 aliphatic carbocycles. The number of fused-ring (bicyclic) bond motifs is 1. The van der Waals surface area contributed by atoms with Gasteiger partial charge in [-0.15, -0.1) is 0 Å². The van der Waals surface area contributed by atoms with E-state index in [9.17, 15) is 4.79 Å². The van der Waals surface area contributed by atoms with Gasteiger partial charge in [0.25, 0.3) is 0 Å². The molecule has 2 aromatic heterocycles. The van der Waals surface area contributed by atoms with Gasteiger partial charge in [-0.1, -0.05) is 6.07 Å². The van der Waals surface area contributed by atoms with Crippen LogP contribution in [0.15, 0.2) is 18.3 Å². The minimum atomic E-state index is -0.768.